The van der Waals surface area contributed by atoms with Gasteiger partial charge < -0.3 is 9.64 Å². The number of alkyl halides is 3. The van der Waals surface area contributed by atoms with Crippen LogP contribution in [0.3, 0.4) is 0 Å². The first-order valence-corrected chi connectivity index (χ1v) is 10.5. The Kier molecular flexibility index (Phi) is 6.89. The third-order valence-corrected chi connectivity index (χ3v) is 5.73. The minimum atomic E-state index is -4.43. The van der Waals surface area contributed by atoms with Crippen LogP contribution in [0.15, 0.2) is 52.7 Å². The van der Waals surface area contributed by atoms with Crippen LogP contribution in [0.2, 0.25) is 0 Å². The number of rotatable bonds is 6. The fourth-order valence-corrected chi connectivity index (χ4v) is 3.36. The molecule has 0 saturated carbocycles. The van der Waals surface area contributed by atoms with Crippen molar-refractivity contribution in [3.05, 3.63) is 74.9 Å². The van der Waals surface area contributed by atoms with Gasteiger partial charge in [0, 0.05) is 19.3 Å². The molecule has 1 aliphatic rings. The van der Waals surface area contributed by atoms with Gasteiger partial charge in [-0.05, 0) is 60.1 Å². The lowest BCUT2D eigenvalue weighted by Gasteiger charge is -2.16. The van der Waals surface area contributed by atoms with Crippen LogP contribution in [0.4, 0.5) is 13.2 Å². The van der Waals surface area contributed by atoms with Gasteiger partial charge in [-0.25, -0.2) is 4.98 Å². The van der Waals surface area contributed by atoms with Crippen molar-refractivity contribution in [3.8, 4) is 11.6 Å². The molecule has 0 spiro atoms. The number of hydrogen-bond donors (Lipinski definition) is 0. The highest BCUT2D eigenvalue weighted by atomic mass is 79.9. The fourth-order valence-electron chi connectivity index (χ4n) is 3.23. The van der Waals surface area contributed by atoms with Crippen molar-refractivity contribution >= 4 is 21.8 Å². The Hall–Kier alpha value is -2.61. The Morgan fingerprint density at radius 3 is 2.68 bits per heavy atom. The number of halogens is 4. The zero-order valence-electron chi connectivity index (χ0n) is 17.4. The normalized spacial score (nSPS) is 14.8. The molecule has 0 radical (unpaired) electrons. The molecule has 8 heteroatoms. The number of amides is 1. The van der Waals surface area contributed by atoms with Gasteiger partial charge >= 0.3 is 6.18 Å². The van der Waals surface area contributed by atoms with Crippen molar-refractivity contribution in [2.75, 3.05) is 6.54 Å². The second kappa shape index (κ2) is 9.26. The lowest BCUT2D eigenvalue weighted by molar-refractivity contribution is -0.137. The third-order valence-electron chi connectivity index (χ3n) is 4.90. The molecule has 3 rings (SSSR count). The number of aromatic nitrogens is 1. The first-order valence-electron chi connectivity index (χ1n) is 9.74. The second-order valence-electron chi connectivity index (χ2n) is 7.37. The van der Waals surface area contributed by atoms with Gasteiger partial charge in [-0.3, -0.25) is 4.79 Å². The van der Waals surface area contributed by atoms with E-state index in [-0.39, 0.29) is 17.5 Å². The van der Waals surface area contributed by atoms with E-state index in [1.807, 2.05) is 26.0 Å². The van der Waals surface area contributed by atoms with Gasteiger partial charge in [-0.15, -0.1) is 0 Å². The predicted molar refractivity (Wildman–Crippen MR) is 116 cm³/mol. The zero-order valence-corrected chi connectivity index (χ0v) is 19.0. The lowest BCUT2D eigenvalue weighted by atomic mass is 10.1. The quantitative estimate of drug-likeness (QED) is 0.415. The monoisotopic (exact) mass is 494 g/mol. The Morgan fingerprint density at radius 1 is 1.29 bits per heavy atom. The second-order valence-corrected chi connectivity index (χ2v) is 8.39. The summed E-state index contributed by atoms with van der Waals surface area (Å²) in [5.41, 5.74) is 1.69. The van der Waals surface area contributed by atoms with Crippen LogP contribution < -0.4 is 4.74 Å². The zero-order chi connectivity index (χ0) is 22.8. The maximum Gasteiger partial charge on any atom is 0.416 e. The van der Waals surface area contributed by atoms with Crippen molar-refractivity contribution < 1.29 is 22.7 Å². The molecular weight excluding hydrogens is 473 g/mol. The summed E-state index contributed by atoms with van der Waals surface area (Å²) >= 11 is 3.46. The van der Waals surface area contributed by atoms with Gasteiger partial charge in [-0.2, -0.15) is 13.2 Å². The molecule has 1 aliphatic heterocycles. The average Bonchev–Trinajstić information content (AvgIpc) is 3.03. The molecule has 1 aromatic carbocycles. The van der Waals surface area contributed by atoms with Crippen LogP contribution in [-0.2, 0) is 12.7 Å². The van der Waals surface area contributed by atoms with E-state index in [1.165, 1.54) is 19.2 Å². The number of benzene rings is 1. The summed E-state index contributed by atoms with van der Waals surface area (Å²) in [7, 11) is 0. The molecule has 0 saturated heterocycles. The van der Waals surface area contributed by atoms with Gasteiger partial charge in [0.1, 0.15) is 11.3 Å². The number of allylic oxidation sites excluding steroid dienone is 3. The Bertz CT molecular complexity index is 1060. The number of ether oxygens (including phenoxy) is 1. The number of fused-ring (bicyclic) bond motifs is 1. The molecule has 1 aromatic heterocycles. The van der Waals surface area contributed by atoms with Crippen molar-refractivity contribution in [2.24, 2.45) is 0 Å². The molecule has 2 aromatic rings. The van der Waals surface area contributed by atoms with E-state index in [0.717, 1.165) is 34.2 Å². The summed E-state index contributed by atoms with van der Waals surface area (Å²) in [6, 6.07) is 4.98. The Balaban J connectivity index is 1.82. The van der Waals surface area contributed by atoms with Crippen molar-refractivity contribution in [1.82, 2.24) is 9.88 Å². The van der Waals surface area contributed by atoms with Crippen LogP contribution in [0.1, 0.15) is 47.3 Å². The summed E-state index contributed by atoms with van der Waals surface area (Å²) in [6.07, 6.45) is 1.92. The van der Waals surface area contributed by atoms with Crippen LogP contribution in [0.25, 0.3) is 0 Å². The molecule has 0 fully saturated rings. The van der Waals surface area contributed by atoms with Gasteiger partial charge in [-0.1, -0.05) is 40.6 Å². The summed E-state index contributed by atoms with van der Waals surface area (Å²) in [4.78, 5) is 18.9. The van der Waals surface area contributed by atoms with E-state index >= 15 is 0 Å². The first kappa shape index (κ1) is 23.1. The van der Waals surface area contributed by atoms with E-state index in [1.54, 1.807) is 11.0 Å². The number of aryl methyl sites for hydroxylation is 1. The van der Waals surface area contributed by atoms with Crippen LogP contribution in [0.5, 0.6) is 11.6 Å². The van der Waals surface area contributed by atoms with Crippen molar-refractivity contribution in [3.63, 3.8) is 0 Å². The van der Waals surface area contributed by atoms with Crippen LogP contribution in [-0.4, -0.2) is 22.3 Å². The van der Waals surface area contributed by atoms with E-state index < -0.39 is 11.7 Å². The number of carbonyl (C=O) groups excluding carboxylic acids is 1. The highest BCUT2D eigenvalue weighted by Gasteiger charge is 2.33. The number of carbonyl (C=O) groups is 1. The van der Waals surface area contributed by atoms with Crippen molar-refractivity contribution in [1.29, 1.82) is 0 Å². The average molecular weight is 495 g/mol. The minimum Gasteiger partial charge on any atom is -0.438 e. The van der Waals surface area contributed by atoms with E-state index in [4.69, 9.17) is 4.74 Å². The molecular formula is C23H22BrF3N2O2. The van der Waals surface area contributed by atoms with Crippen LogP contribution in [0, 0.1) is 6.92 Å². The maximum atomic E-state index is 13.0. The first-order chi connectivity index (χ1) is 14.6. The Morgan fingerprint density at radius 2 is 2.03 bits per heavy atom. The van der Waals surface area contributed by atoms with Gasteiger partial charge in [0.2, 0.25) is 5.88 Å². The summed E-state index contributed by atoms with van der Waals surface area (Å²) in [5, 5.41) is 0. The van der Waals surface area contributed by atoms with Gasteiger partial charge in [0.25, 0.3) is 5.91 Å². The molecule has 0 aliphatic carbocycles. The van der Waals surface area contributed by atoms with E-state index in [2.05, 4.69) is 20.9 Å². The van der Waals surface area contributed by atoms with E-state index in [0.29, 0.717) is 24.2 Å². The molecule has 4 nitrogen and oxygen atoms in total. The summed E-state index contributed by atoms with van der Waals surface area (Å²) in [5.74, 6) is 0.114. The molecule has 0 bridgehead atoms. The molecule has 0 atom stereocenters. The highest BCUT2D eigenvalue weighted by Crippen LogP contribution is 2.36. The summed E-state index contributed by atoms with van der Waals surface area (Å²) in [6.45, 7) is 6.38. The maximum absolute atomic E-state index is 13.0. The predicted octanol–water partition coefficient (Wildman–Crippen LogP) is 6.79. The number of pyridine rings is 1. The standard InChI is InChI=1S/C23H22BrF3N2O2/c1-4-18(24)7-5-14(2)12-29-13-16-9-10-28-21(20(16)22(29)30)31-19-8-6-17(11-15(19)3)23(25,26)27/h5-11H,4,12-13H2,1-3H3/b14-5+,18-7+. The Labute approximate surface area is 187 Å². The van der Waals surface area contributed by atoms with Crippen LogP contribution >= 0.6 is 15.9 Å². The van der Waals surface area contributed by atoms with E-state index in [9.17, 15) is 18.0 Å². The summed E-state index contributed by atoms with van der Waals surface area (Å²) < 4.78 is 45.6. The highest BCUT2D eigenvalue weighted by molar-refractivity contribution is 9.11. The van der Waals surface area contributed by atoms with Gasteiger partial charge in [0.15, 0.2) is 0 Å². The molecule has 31 heavy (non-hydrogen) atoms. The molecule has 0 N–H and O–H groups in total. The minimum absolute atomic E-state index is 0.100. The SMILES string of the molecule is CC/C(Br)=C\C=C(/C)CN1Cc2ccnc(Oc3ccc(C(F)(F)F)cc3C)c2C1=O. The topological polar surface area (TPSA) is 42.4 Å². The molecule has 164 valence electrons. The number of hydrogen-bond acceptors (Lipinski definition) is 3. The van der Waals surface area contributed by atoms with Gasteiger partial charge in [0.05, 0.1) is 5.56 Å². The lowest BCUT2D eigenvalue weighted by Crippen LogP contribution is -2.25. The fraction of sp³-hybridized carbons (Fsp3) is 0.304. The van der Waals surface area contributed by atoms with Crippen molar-refractivity contribution in [2.45, 2.75) is 39.9 Å². The molecule has 0 unspecified atom stereocenters. The molecule has 2 heterocycles. The molecule has 1 amide bonds. The largest absolute Gasteiger partial charge is 0.438 e. The third kappa shape index (κ3) is 5.36. The smallest absolute Gasteiger partial charge is 0.416 e. The number of nitrogens with zero attached hydrogens (tertiary/aromatic N) is 2.